The lowest BCUT2D eigenvalue weighted by molar-refractivity contribution is -0.143. The lowest BCUT2D eigenvalue weighted by Crippen LogP contribution is -2.55. The van der Waals surface area contributed by atoms with Crippen molar-refractivity contribution in [2.75, 3.05) is 19.6 Å². The lowest BCUT2D eigenvalue weighted by Gasteiger charge is -2.40. The van der Waals surface area contributed by atoms with Crippen LogP contribution in [0.5, 0.6) is 0 Å². The van der Waals surface area contributed by atoms with E-state index in [1.807, 2.05) is 47.0 Å². The number of benzene rings is 1. The van der Waals surface area contributed by atoms with Crippen LogP contribution in [0.4, 0.5) is 0 Å². The van der Waals surface area contributed by atoms with E-state index in [0.29, 0.717) is 13.1 Å². The number of carbonyl (C=O) groups is 1. The van der Waals surface area contributed by atoms with Crippen LogP contribution in [-0.4, -0.2) is 40.2 Å². The number of carbonyl (C=O) groups excluding carboxylic acids is 1. The molecule has 0 aliphatic carbocycles. The molecule has 0 spiro atoms. The van der Waals surface area contributed by atoms with Crippen LogP contribution < -0.4 is 5.32 Å². The standard InChI is InChI=1S/C18H24N4O.ClH/c1-2-21(15-16-7-4-3-5-8-16)17(23)18(9-12-19-13-10-18)22-14-6-11-20-22;/h3-8,11,14,19H,2,9-10,12-13,15H2,1H3;1H. The minimum absolute atomic E-state index is 0. The molecule has 1 aliphatic rings. The Hall–Kier alpha value is -1.85. The first kappa shape index (κ1) is 18.5. The average Bonchev–Trinajstić information content (AvgIpc) is 3.16. The number of piperidine rings is 1. The van der Waals surface area contributed by atoms with Gasteiger partial charge in [0.15, 0.2) is 0 Å². The van der Waals surface area contributed by atoms with Crippen molar-refractivity contribution in [1.29, 1.82) is 0 Å². The number of rotatable bonds is 5. The van der Waals surface area contributed by atoms with Crippen LogP contribution in [0.15, 0.2) is 48.8 Å². The molecule has 1 amide bonds. The molecular weight excluding hydrogens is 324 g/mol. The maximum atomic E-state index is 13.4. The molecule has 0 saturated carbocycles. The fraction of sp³-hybridized carbons (Fsp3) is 0.444. The summed E-state index contributed by atoms with van der Waals surface area (Å²) in [6.45, 7) is 5.07. The third-order valence-corrected chi connectivity index (χ3v) is 4.66. The van der Waals surface area contributed by atoms with Gasteiger partial charge in [0.2, 0.25) is 0 Å². The van der Waals surface area contributed by atoms with Gasteiger partial charge in [0.25, 0.3) is 5.91 Å². The highest BCUT2D eigenvalue weighted by Gasteiger charge is 2.44. The van der Waals surface area contributed by atoms with Gasteiger partial charge >= 0.3 is 0 Å². The fourth-order valence-corrected chi connectivity index (χ4v) is 3.33. The van der Waals surface area contributed by atoms with E-state index in [4.69, 9.17) is 0 Å². The summed E-state index contributed by atoms with van der Waals surface area (Å²) in [5.74, 6) is 0.175. The van der Waals surface area contributed by atoms with Gasteiger partial charge in [-0.05, 0) is 44.5 Å². The highest BCUT2D eigenvalue weighted by molar-refractivity contribution is 5.85. The average molecular weight is 349 g/mol. The largest absolute Gasteiger partial charge is 0.337 e. The minimum Gasteiger partial charge on any atom is -0.337 e. The molecule has 0 radical (unpaired) electrons. The number of hydrogen-bond acceptors (Lipinski definition) is 3. The summed E-state index contributed by atoms with van der Waals surface area (Å²) in [5.41, 5.74) is 0.603. The Morgan fingerprint density at radius 2 is 1.96 bits per heavy atom. The zero-order chi connectivity index (χ0) is 16.1. The number of nitrogens with one attached hydrogen (secondary N) is 1. The smallest absolute Gasteiger partial charge is 0.250 e. The monoisotopic (exact) mass is 348 g/mol. The highest BCUT2D eigenvalue weighted by Crippen LogP contribution is 2.30. The first-order valence-corrected chi connectivity index (χ1v) is 8.30. The third-order valence-electron chi connectivity index (χ3n) is 4.66. The Bertz CT molecular complexity index is 624. The molecule has 130 valence electrons. The second kappa shape index (κ2) is 8.31. The van der Waals surface area contributed by atoms with E-state index in [-0.39, 0.29) is 18.3 Å². The molecular formula is C18H25ClN4O. The SMILES string of the molecule is CCN(Cc1ccccc1)C(=O)C1(n2cccn2)CCNCC1.Cl. The summed E-state index contributed by atoms with van der Waals surface area (Å²) < 4.78 is 1.86. The van der Waals surface area contributed by atoms with Crippen LogP contribution in [-0.2, 0) is 16.9 Å². The minimum atomic E-state index is -0.556. The van der Waals surface area contributed by atoms with Gasteiger partial charge in [-0.15, -0.1) is 12.4 Å². The summed E-state index contributed by atoms with van der Waals surface area (Å²) in [4.78, 5) is 15.3. The van der Waals surface area contributed by atoms with Crippen molar-refractivity contribution in [3.05, 3.63) is 54.4 Å². The molecule has 3 rings (SSSR count). The molecule has 1 aromatic heterocycles. The first-order valence-electron chi connectivity index (χ1n) is 8.30. The number of hydrogen-bond donors (Lipinski definition) is 1. The van der Waals surface area contributed by atoms with Crippen molar-refractivity contribution in [2.24, 2.45) is 0 Å². The highest BCUT2D eigenvalue weighted by atomic mass is 35.5. The van der Waals surface area contributed by atoms with Gasteiger partial charge in [0, 0.05) is 25.5 Å². The Morgan fingerprint density at radius 3 is 2.54 bits per heavy atom. The van der Waals surface area contributed by atoms with Crippen LogP contribution in [0.2, 0.25) is 0 Å². The molecule has 6 heteroatoms. The predicted octanol–water partition coefficient (Wildman–Crippen LogP) is 2.43. The summed E-state index contributed by atoms with van der Waals surface area (Å²) in [6, 6.07) is 12.1. The number of aromatic nitrogens is 2. The van der Waals surface area contributed by atoms with Crippen LogP contribution in [0.3, 0.4) is 0 Å². The quantitative estimate of drug-likeness (QED) is 0.902. The van der Waals surface area contributed by atoms with Gasteiger partial charge in [-0.25, -0.2) is 0 Å². The first-order chi connectivity index (χ1) is 11.3. The van der Waals surface area contributed by atoms with Gasteiger partial charge in [0.05, 0.1) is 0 Å². The van der Waals surface area contributed by atoms with Crippen molar-refractivity contribution in [2.45, 2.75) is 31.8 Å². The number of nitrogens with zero attached hydrogens (tertiary/aromatic N) is 3. The second-order valence-corrected chi connectivity index (χ2v) is 6.04. The zero-order valence-electron chi connectivity index (χ0n) is 14.0. The van der Waals surface area contributed by atoms with E-state index in [1.54, 1.807) is 6.20 Å². The summed E-state index contributed by atoms with van der Waals surface area (Å²) in [6.07, 6.45) is 5.22. The topological polar surface area (TPSA) is 50.2 Å². The van der Waals surface area contributed by atoms with Gasteiger partial charge in [0.1, 0.15) is 5.54 Å². The molecule has 5 nitrogen and oxygen atoms in total. The molecule has 2 aromatic rings. The van der Waals surface area contributed by atoms with E-state index in [1.165, 1.54) is 0 Å². The van der Waals surface area contributed by atoms with Gasteiger partial charge in [-0.2, -0.15) is 5.10 Å². The van der Waals surface area contributed by atoms with Crippen molar-refractivity contribution >= 4 is 18.3 Å². The molecule has 1 fully saturated rings. The van der Waals surface area contributed by atoms with Gasteiger partial charge < -0.3 is 10.2 Å². The van der Waals surface area contributed by atoms with E-state index >= 15 is 0 Å². The summed E-state index contributed by atoms with van der Waals surface area (Å²) in [5, 5.41) is 7.75. The van der Waals surface area contributed by atoms with E-state index in [0.717, 1.165) is 31.5 Å². The maximum Gasteiger partial charge on any atom is 0.250 e. The number of likely N-dealkylation sites (N-methyl/N-ethyl adjacent to an activating group) is 1. The Labute approximate surface area is 149 Å². The third kappa shape index (κ3) is 3.62. The van der Waals surface area contributed by atoms with Crippen molar-refractivity contribution in [3.8, 4) is 0 Å². The fourth-order valence-electron chi connectivity index (χ4n) is 3.33. The van der Waals surface area contributed by atoms with Crippen LogP contribution in [0.25, 0.3) is 0 Å². The van der Waals surface area contributed by atoms with Crippen molar-refractivity contribution in [3.63, 3.8) is 0 Å². The molecule has 24 heavy (non-hydrogen) atoms. The second-order valence-electron chi connectivity index (χ2n) is 6.04. The molecule has 1 aliphatic heterocycles. The van der Waals surface area contributed by atoms with Gasteiger partial charge in [-0.3, -0.25) is 9.48 Å². The van der Waals surface area contributed by atoms with Crippen molar-refractivity contribution < 1.29 is 4.79 Å². The maximum absolute atomic E-state index is 13.4. The van der Waals surface area contributed by atoms with Crippen LogP contribution in [0.1, 0.15) is 25.3 Å². The zero-order valence-corrected chi connectivity index (χ0v) is 14.8. The predicted molar refractivity (Wildman–Crippen MR) is 97.1 cm³/mol. The van der Waals surface area contributed by atoms with E-state index in [2.05, 4.69) is 22.5 Å². The molecule has 1 aromatic carbocycles. The van der Waals surface area contributed by atoms with Crippen molar-refractivity contribution in [1.82, 2.24) is 20.0 Å². The lowest BCUT2D eigenvalue weighted by atomic mass is 9.86. The number of amides is 1. The molecule has 1 N–H and O–H groups in total. The Morgan fingerprint density at radius 1 is 1.25 bits per heavy atom. The molecule has 2 heterocycles. The normalized spacial score (nSPS) is 16.2. The molecule has 0 atom stereocenters. The molecule has 0 unspecified atom stereocenters. The summed E-state index contributed by atoms with van der Waals surface area (Å²) >= 11 is 0. The number of halogens is 1. The van der Waals surface area contributed by atoms with Crippen LogP contribution in [0, 0.1) is 0 Å². The Kier molecular flexibility index (Phi) is 6.40. The molecule has 1 saturated heterocycles. The van der Waals surface area contributed by atoms with E-state index in [9.17, 15) is 4.79 Å². The van der Waals surface area contributed by atoms with Gasteiger partial charge in [-0.1, -0.05) is 30.3 Å². The molecule has 0 bridgehead atoms. The Balaban J connectivity index is 0.00000208. The van der Waals surface area contributed by atoms with E-state index < -0.39 is 5.54 Å². The van der Waals surface area contributed by atoms with Crippen LogP contribution >= 0.6 is 12.4 Å². The summed E-state index contributed by atoms with van der Waals surface area (Å²) in [7, 11) is 0.